The second-order valence-corrected chi connectivity index (χ2v) is 7.69. The fourth-order valence-electron chi connectivity index (χ4n) is 1.03. The lowest BCUT2D eigenvalue weighted by Crippen LogP contribution is -2.29. The zero-order valence-electron chi connectivity index (χ0n) is 8.56. The summed E-state index contributed by atoms with van der Waals surface area (Å²) in [5.74, 6) is 0.859. The van der Waals surface area contributed by atoms with E-state index in [1.807, 2.05) is 14.1 Å². The third-order valence-electron chi connectivity index (χ3n) is 1.68. The first kappa shape index (κ1) is 14.4. The number of aliphatic hydroxyl groups is 1. The van der Waals surface area contributed by atoms with Gasteiger partial charge >= 0.3 is 0 Å². The second kappa shape index (κ2) is 7.68. The Bertz CT molecular complexity index is 188. The summed E-state index contributed by atoms with van der Waals surface area (Å²) in [6.07, 6.45) is -0.649. The third kappa shape index (κ3) is 6.81. The normalized spacial score (nSPS) is 15.8. The van der Waals surface area contributed by atoms with Crippen molar-refractivity contribution < 1.29 is 14.6 Å². The Hall–Kier alpha value is 0.420. The van der Waals surface area contributed by atoms with Crippen molar-refractivity contribution in [1.82, 2.24) is 10.6 Å². The van der Waals surface area contributed by atoms with E-state index in [0.29, 0.717) is 11.7 Å². The molecular formula is C7H19N2O3PS. The molecule has 0 fully saturated rings. The summed E-state index contributed by atoms with van der Waals surface area (Å²) >= 11 is 0.948. The largest absolute Gasteiger partial charge is 0.385 e. The highest BCUT2D eigenvalue weighted by atomic mass is 32.7. The van der Waals surface area contributed by atoms with Crippen LogP contribution in [0.2, 0.25) is 0 Å². The Labute approximate surface area is 88.9 Å². The van der Waals surface area contributed by atoms with Crippen molar-refractivity contribution in [1.29, 1.82) is 0 Å². The smallest absolute Gasteiger partial charge is 0.279 e. The van der Waals surface area contributed by atoms with Gasteiger partial charge in [0.25, 0.3) is 6.57 Å². The van der Waals surface area contributed by atoms with Gasteiger partial charge in [-0.3, -0.25) is 4.57 Å². The summed E-state index contributed by atoms with van der Waals surface area (Å²) < 4.78 is 11.1. The molecule has 0 aromatic rings. The number of aliphatic hydroxyl groups excluding tert-OH is 1. The molecule has 4 N–H and O–H groups in total. The van der Waals surface area contributed by atoms with E-state index in [-0.39, 0.29) is 0 Å². The molecule has 0 radical (unpaired) electrons. The van der Waals surface area contributed by atoms with Crippen molar-refractivity contribution in [2.24, 2.45) is 5.92 Å². The molecule has 0 amide bonds. The number of hydrogen-bond acceptors (Lipinski definition) is 5. The predicted molar refractivity (Wildman–Crippen MR) is 60.7 cm³/mol. The molecule has 7 heteroatoms. The molecule has 0 rings (SSSR count). The highest BCUT2D eigenvalue weighted by Crippen LogP contribution is 2.53. The van der Waals surface area contributed by atoms with Crippen LogP contribution in [0, 0.1) is 5.92 Å². The molecule has 0 aromatic carbocycles. The minimum atomic E-state index is -3.36. The molecule has 0 aromatic heterocycles. The van der Waals surface area contributed by atoms with Crippen LogP contribution in [0.3, 0.4) is 0 Å². The Kier molecular flexibility index (Phi) is 7.91. The average molecular weight is 242 g/mol. The lowest BCUT2D eigenvalue weighted by Gasteiger charge is -2.16. The van der Waals surface area contributed by atoms with Crippen LogP contribution in [0.25, 0.3) is 0 Å². The van der Waals surface area contributed by atoms with Gasteiger partial charge in [0.15, 0.2) is 0 Å². The van der Waals surface area contributed by atoms with Gasteiger partial charge in [-0.1, -0.05) is 11.4 Å². The standard InChI is InChI=1S/C7H19N2O3PS/c1-8-3-7(4-9-2)5-14-13(11,12)6-10/h7-10H,3-6H2,1-2H3,(H,11,12). The van der Waals surface area contributed by atoms with Crippen molar-refractivity contribution in [3.05, 3.63) is 0 Å². The summed E-state index contributed by atoms with van der Waals surface area (Å²) in [6, 6.07) is 0. The van der Waals surface area contributed by atoms with Gasteiger partial charge in [-0.05, 0) is 33.1 Å². The SMILES string of the molecule is CNCC(CNC)CSP(=O)(O)CO. The fraction of sp³-hybridized carbons (Fsp3) is 1.00. The molecule has 0 saturated carbocycles. The van der Waals surface area contributed by atoms with Gasteiger partial charge in [-0.15, -0.1) is 0 Å². The van der Waals surface area contributed by atoms with Crippen LogP contribution >= 0.6 is 18.0 Å². The molecule has 1 atom stereocenters. The summed E-state index contributed by atoms with van der Waals surface area (Å²) in [5.41, 5.74) is 0. The van der Waals surface area contributed by atoms with Gasteiger partial charge in [0.05, 0.1) is 0 Å². The van der Waals surface area contributed by atoms with Gasteiger partial charge in [0.2, 0.25) is 0 Å². The van der Waals surface area contributed by atoms with Crippen molar-refractivity contribution in [3.8, 4) is 0 Å². The van der Waals surface area contributed by atoms with Crippen molar-refractivity contribution in [2.75, 3.05) is 39.3 Å². The van der Waals surface area contributed by atoms with Gasteiger partial charge in [-0.2, -0.15) is 0 Å². The lowest BCUT2D eigenvalue weighted by atomic mass is 10.2. The van der Waals surface area contributed by atoms with Gasteiger partial charge in [-0.25, -0.2) is 0 Å². The Balaban J connectivity index is 3.86. The molecule has 0 heterocycles. The van der Waals surface area contributed by atoms with E-state index in [0.717, 1.165) is 24.5 Å². The van der Waals surface area contributed by atoms with Crippen LogP contribution in [-0.2, 0) is 4.57 Å². The van der Waals surface area contributed by atoms with Gasteiger partial charge in [0.1, 0.15) is 6.35 Å². The minimum absolute atomic E-state index is 0.294. The number of nitrogens with one attached hydrogen (secondary N) is 2. The maximum Gasteiger partial charge on any atom is 0.279 e. The van der Waals surface area contributed by atoms with E-state index in [1.54, 1.807) is 0 Å². The van der Waals surface area contributed by atoms with E-state index < -0.39 is 12.9 Å². The van der Waals surface area contributed by atoms with Crippen molar-refractivity contribution >= 4 is 18.0 Å². The highest BCUT2D eigenvalue weighted by molar-refractivity contribution is 8.56. The topological polar surface area (TPSA) is 81.6 Å². The molecule has 86 valence electrons. The van der Waals surface area contributed by atoms with Gasteiger partial charge in [0, 0.05) is 5.75 Å². The molecule has 0 spiro atoms. The maximum absolute atomic E-state index is 11.1. The molecule has 0 aliphatic rings. The number of hydrogen-bond donors (Lipinski definition) is 4. The summed E-state index contributed by atoms with van der Waals surface area (Å²) in [6.45, 7) is -1.78. The van der Waals surface area contributed by atoms with Crippen molar-refractivity contribution in [2.45, 2.75) is 0 Å². The molecule has 0 saturated heterocycles. The fourth-order valence-corrected chi connectivity index (χ4v) is 3.37. The zero-order chi connectivity index (χ0) is 11.0. The molecule has 0 bridgehead atoms. The first-order valence-corrected chi connectivity index (χ1v) is 7.85. The quantitative estimate of drug-likeness (QED) is 0.445. The van der Waals surface area contributed by atoms with Crippen LogP contribution < -0.4 is 10.6 Å². The van der Waals surface area contributed by atoms with E-state index in [2.05, 4.69) is 10.6 Å². The molecule has 0 aliphatic carbocycles. The minimum Gasteiger partial charge on any atom is -0.385 e. The van der Waals surface area contributed by atoms with E-state index in [9.17, 15) is 4.57 Å². The number of rotatable bonds is 8. The molecule has 5 nitrogen and oxygen atoms in total. The van der Waals surface area contributed by atoms with Gasteiger partial charge < -0.3 is 20.6 Å². The van der Waals surface area contributed by atoms with E-state index in [4.69, 9.17) is 10.00 Å². The first-order chi connectivity index (χ1) is 6.55. The molecule has 0 aliphatic heterocycles. The first-order valence-electron chi connectivity index (χ1n) is 4.42. The third-order valence-corrected chi connectivity index (χ3v) is 5.06. The highest BCUT2D eigenvalue weighted by Gasteiger charge is 2.19. The molecular weight excluding hydrogens is 223 g/mol. The summed E-state index contributed by atoms with van der Waals surface area (Å²) in [7, 11) is 3.69. The van der Waals surface area contributed by atoms with Crippen molar-refractivity contribution in [3.63, 3.8) is 0 Å². The van der Waals surface area contributed by atoms with Crippen LogP contribution in [0.1, 0.15) is 0 Å². The zero-order valence-corrected chi connectivity index (χ0v) is 10.3. The Morgan fingerprint density at radius 3 is 2.21 bits per heavy atom. The summed E-state index contributed by atoms with van der Waals surface area (Å²) in [4.78, 5) is 9.14. The Morgan fingerprint density at radius 2 is 1.86 bits per heavy atom. The lowest BCUT2D eigenvalue weighted by molar-refractivity contribution is 0.340. The predicted octanol–water partition coefficient (Wildman–Crippen LogP) is -0.0902. The average Bonchev–Trinajstić information content (AvgIpc) is 2.15. The van der Waals surface area contributed by atoms with Crippen LogP contribution in [0.4, 0.5) is 0 Å². The van der Waals surface area contributed by atoms with Crippen LogP contribution in [0.5, 0.6) is 0 Å². The second-order valence-electron chi connectivity index (χ2n) is 3.06. The van der Waals surface area contributed by atoms with E-state index in [1.165, 1.54) is 0 Å². The maximum atomic E-state index is 11.1. The van der Waals surface area contributed by atoms with Crippen LogP contribution in [-0.4, -0.2) is 49.3 Å². The monoisotopic (exact) mass is 242 g/mol. The summed E-state index contributed by atoms with van der Waals surface area (Å²) in [5, 5.41) is 14.6. The molecule has 14 heavy (non-hydrogen) atoms. The van der Waals surface area contributed by atoms with E-state index >= 15 is 0 Å². The van der Waals surface area contributed by atoms with Crippen LogP contribution in [0.15, 0.2) is 0 Å². The Morgan fingerprint density at radius 1 is 1.36 bits per heavy atom. The molecule has 1 unspecified atom stereocenters.